The molecule has 2 rings (SSSR count). The zero-order chi connectivity index (χ0) is 13.5. The second-order valence-corrected chi connectivity index (χ2v) is 6.29. The van der Waals surface area contributed by atoms with Gasteiger partial charge in [0.05, 0.1) is 0 Å². The minimum absolute atomic E-state index is 0. The van der Waals surface area contributed by atoms with Crippen molar-refractivity contribution in [2.45, 2.75) is 76.7 Å². The molecule has 2 aliphatic rings. The SMILES string of the molecule is Cl.NCCCCCCC(=O)N1CCCC1C1CCCC1. The molecule has 4 heteroatoms. The van der Waals surface area contributed by atoms with E-state index in [9.17, 15) is 4.79 Å². The van der Waals surface area contributed by atoms with Gasteiger partial charge in [-0.05, 0) is 51.0 Å². The number of hydrogen-bond acceptors (Lipinski definition) is 2. The van der Waals surface area contributed by atoms with E-state index < -0.39 is 0 Å². The van der Waals surface area contributed by atoms with Gasteiger partial charge in [-0.15, -0.1) is 12.4 Å². The summed E-state index contributed by atoms with van der Waals surface area (Å²) in [5, 5.41) is 0. The highest BCUT2D eigenvalue weighted by atomic mass is 35.5. The molecule has 1 amide bonds. The fourth-order valence-electron chi connectivity index (χ4n) is 3.85. The van der Waals surface area contributed by atoms with Crippen LogP contribution in [0.4, 0.5) is 0 Å². The number of likely N-dealkylation sites (tertiary alicyclic amines) is 1. The number of hydrogen-bond donors (Lipinski definition) is 1. The van der Waals surface area contributed by atoms with Crippen molar-refractivity contribution < 1.29 is 4.79 Å². The molecule has 118 valence electrons. The summed E-state index contributed by atoms with van der Waals surface area (Å²) < 4.78 is 0. The molecule has 1 saturated heterocycles. The number of carbonyl (C=O) groups excluding carboxylic acids is 1. The van der Waals surface area contributed by atoms with E-state index in [2.05, 4.69) is 4.90 Å². The Hall–Kier alpha value is -0.280. The number of carbonyl (C=O) groups is 1. The Balaban J connectivity index is 0.00000200. The van der Waals surface area contributed by atoms with Gasteiger partial charge in [0.25, 0.3) is 0 Å². The van der Waals surface area contributed by atoms with E-state index in [1.807, 2.05) is 0 Å². The highest BCUT2D eigenvalue weighted by molar-refractivity contribution is 5.85. The first-order valence-corrected chi connectivity index (χ1v) is 8.32. The average molecular weight is 303 g/mol. The highest BCUT2D eigenvalue weighted by Crippen LogP contribution is 2.35. The summed E-state index contributed by atoms with van der Waals surface area (Å²) in [4.78, 5) is 14.6. The lowest BCUT2D eigenvalue weighted by atomic mass is 9.96. The van der Waals surface area contributed by atoms with Crippen molar-refractivity contribution >= 4 is 18.3 Å². The Morgan fingerprint density at radius 3 is 2.40 bits per heavy atom. The van der Waals surface area contributed by atoms with Crippen molar-refractivity contribution in [3.05, 3.63) is 0 Å². The summed E-state index contributed by atoms with van der Waals surface area (Å²) in [6.07, 6.45) is 13.2. The van der Waals surface area contributed by atoms with Crippen LogP contribution in [0.25, 0.3) is 0 Å². The zero-order valence-electron chi connectivity index (χ0n) is 12.7. The summed E-state index contributed by atoms with van der Waals surface area (Å²) in [7, 11) is 0. The number of amides is 1. The molecule has 1 saturated carbocycles. The first-order chi connectivity index (χ1) is 9.33. The van der Waals surface area contributed by atoms with Gasteiger partial charge in [-0.25, -0.2) is 0 Å². The van der Waals surface area contributed by atoms with Crippen LogP contribution in [-0.2, 0) is 4.79 Å². The molecule has 0 spiro atoms. The van der Waals surface area contributed by atoms with Gasteiger partial charge in [-0.1, -0.05) is 25.7 Å². The van der Waals surface area contributed by atoms with Crippen LogP contribution >= 0.6 is 12.4 Å². The molecule has 0 aromatic heterocycles. The highest BCUT2D eigenvalue weighted by Gasteiger charge is 2.35. The summed E-state index contributed by atoms with van der Waals surface area (Å²) >= 11 is 0. The largest absolute Gasteiger partial charge is 0.339 e. The Morgan fingerprint density at radius 1 is 1.00 bits per heavy atom. The quantitative estimate of drug-likeness (QED) is 0.732. The van der Waals surface area contributed by atoms with Crippen LogP contribution in [0.5, 0.6) is 0 Å². The topological polar surface area (TPSA) is 46.3 Å². The van der Waals surface area contributed by atoms with Crippen LogP contribution in [0.3, 0.4) is 0 Å². The fraction of sp³-hybridized carbons (Fsp3) is 0.938. The van der Waals surface area contributed by atoms with E-state index in [0.717, 1.165) is 44.7 Å². The van der Waals surface area contributed by atoms with Gasteiger partial charge in [-0.2, -0.15) is 0 Å². The van der Waals surface area contributed by atoms with Gasteiger partial charge in [0, 0.05) is 19.0 Å². The van der Waals surface area contributed by atoms with Crippen molar-refractivity contribution in [1.82, 2.24) is 4.90 Å². The molecule has 2 fully saturated rings. The maximum atomic E-state index is 12.3. The maximum Gasteiger partial charge on any atom is 0.222 e. The average Bonchev–Trinajstić information content (AvgIpc) is 3.08. The lowest BCUT2D eigenvalue weighted by Crippen LogP contribution is -2.39. The lowest BCUT2D eigenvalue weighted by Gasteiger charge is -2.29. The number of halogens is 1. The molecule has 20 heavy (non-hydrogen) atoms. The smallest absolute Gasteiger partial charge is 0.222 e. The van der Waals surface area contributed by atoms with E-state index in [1.54, 1.807) is 0 Å². The predicted octanol–water partition coefficient (Wildman–Crippen LogP) is 3.50. The van der Waals surface area contributed by atoms with Crippen LogP contribution in [0.1, 0.15) is 70.6 Å². The van der Waals surface area contributed by atoms with E-state index >= 15 is 0 Å². The normalized spacial score (nSPS) is 23.1. The van der Waals surface area contributed by atoms with Gasteiger partial charge in [0.1, 0.15) is 0 Å². The summed E-state index contributed by atoms with van der Waals surface area (Å²) in [6, 6.07) is 0.582. The summed E-state index contributed by atoms with van der Waals surface area (Å²) in [5.41, 5.74) is 5.48. The molecular formula is C16H31ClN2O. The second-order valence-electron chi connectivity index (χ2n) is 6.29. The minimum Gasteiger partial charge on any atom is -0.339 e. The van der Waals surface area contributed by atoms with Crippen LogP contribution in [-0.4, -0.2) is 29.9 Å². The Kier molecular flexibility index (Phi) is 8.55. The second kappa shape index (κ2) is 9.62. The monoisotopic (exact) mass is 302 g/mol. The van der Waals surface area contributed by atoms with E-state index in [-0.39, 0.29) is 12.4 Å². The number of nitrogens with zero attached hydrogens (tertiary/aromatic N) is 1. The Bertz CT molecular complexity index is 280. The molecule has 1 aliphatic heterocycles. The van der Waals surface area contributed by atoms with Gasteiger partial charge >= 0.3 is 0 Å². The van der Waals surface area contributed by atoms with Crippen molar-refractivity contribution in [2.24, 2.45) is 11.7 Å². The van der Waals surface area contributed by atoms with Crippen molar-refractivity contribution in [2.75, 3.05) is 13.1 Å². The van der Waals surface area contributed by atoms with Gasteiger partial charge in [0.15, 0.2) is 0 Å². The van der Waals surface area contributed by atoms with Crippen LogP contribution in [0.15, 0.2) is 0 Å². The molecule has 0 radical (unpaired) electrons. The molecule has 1 atom stereocenters. The predicted molar refractivity (Wildman–Crippen MR) is 86.1 cm³/mol. The maximum absolute atomic E-state index is 12.3. The minimum atomic E-state index is 0. The van der Waals surface area contributed by atoms with Crippen molar-refractivity contribution in [3.8, 4) is 0 Å². The summed E-state index contributed by atoms with van der Waals surface area (Å²) in [6.45, 7) is 1.80. The molecule has 0 aromatic carbocycles. The summed E-state index contributed by atoms with van der Waals surface area (Å²) in [5.74, 6) is 1.23. The molecule has 0 aromatic rings. The van der Waals surface area contributed by atoms with E-state index in [4.69, 9.17) is 5.73 Å². The van der Waals surface area contributed by atoms with E-state index in [1.165, 1.54) is 44.9 Å². The molecule has 2 N–H and O–H groups in total. The van der Waals surface area contributed by atoms with Gasteiger partial charge in [-0.3, -0.25) is 4.79 Å². The Labute approximate surface area is 130 Å². The number of nitrogens with two attached hydrogens (primary N) is 1. The van der Waals surface area contributed by atoms with Crippen LogP contribution in [0.2, 0.25) is 0 Å². The Morgan fingerprint density at radius 2 is 1.70 bits per heavy atom. The van der Waals surface area contributed by atoms with Crippen LogP contribution < -0.4 is 5.73 Å². The molecular weight excluding hydrogens is 272 g/mol. The van der Waals surface area contributed by atoms with Crippen LogP contribution in [0, 0.1) is 5.92 Å². The third-order valence-electron chi connectivity index (χ3n) is 4.91. The molecule has 3 nitrogen and oxygen atoms in total. The first-order valence-electron chi connectivity index (χ1n) is 8.32. The zero-order valence-corrected chi connectivity index (χ0v) is 13.5. The third kappa shape index (κ3) is 4.92. The molecule has 1 unspecified atom stereocenters. The number of rotatable bonds is 7. The van der Waals surface area contributed by atoms with Crippen molar-refractivity contribution in [3.63, 3.8) is 0 Å². The molecule has 1 heterocycles. The van der Waals surface area contributed by atoms with Gasteiger partial charge < -0.3 is 10.6 Å². The lowest BCUT2D eigenvalue weighted by molar-refractivity contribution is -0.133. The van der Waals surface area contributed by atoms with E-state index in [0.29, 0.717) is 11.9 Å². The van der Waals surface area contributed by atoms with Gasteiger partial charge in [0.2, 0.25) is 5.91 Å². The first kappa shape index (κ1) is 17.8. The number of unbranched alkanes of at least 4 members (excludes halogenated alkanes) is 3. The van der Waals surface area contributed by atoms with Crippen molar-refractivity contribution in [1.29, 1.82) is 0 Å². The molecule has 1 aliphatic carbocycles. The third-order valence-corrected chi connectivity index (χ3v) is 4.91. The fourth-order valence-corrected chi connectivity index (χ4v) is 3.85. The molecule has 0 bridgehead atoms. The standard InChI is InChI=1S/C16H30N2O.ClH/c17-12-6-2-1-3-11-16(19)18-13-7-10-15(18)14-8-4-5-9-14;/h14-15H,1-13,17H2;1H.